The van der Waals surface area contributed by atoms with Gasteiger partial charge >= 0.3 is 7.12 Å². The average molecular weight is 394 g/mol. The Morgan fingerprint density at radius 3 is 1.89 bits per heavy atom. The Hall–Kier alpha value is -0.925. The zero-order valence-corrected chi connectivity index (χ0v) is 18.0. The van der Waals surface area contributed by atoms with Gasteiger partial charge in [-0.05, 0) is 45.6 Å². The van der Waals surface area contributed by atoms with Crippen LogP contribution in [0.3, 0.4) is 0 Å². The maximum absolute atomic E-state index is 11.7. The molecule has 0 aliphatic carbocycles. The highest BCUT2D eigenvalue weighted by Crippen LogP contribution is 2.36. The molecule has 0 N–H and O–H groups in total. The van der Waals surface area contributed by atoms with Gasteiger partial charge in [0.2, 0.25) is 10.0 Å². The summed E-state index contributed by atoms with van der Waals surface area (Å²) >= 11 is 0. The van der Waals surface area contributed by atoms with Crippen molar-refractivity contribution in [3.05, 3.63) is 29.8 Å². The van der Waals surface area contributed by atoms with Gasteiger partial charge in [0, 0.05) is 32.2 Å². The number of benzene rings is 1. The van der Waals surface area contributed by atoms with E-state index in [1.165, 1.54) is 11.8 Å². The van der Waals surface area contributed by atoms with E-state index < -0.39 is 10.0 Å². The van der Waals surface area contributed by atoms with Crippen molar-refractivity contribution in [2.75, 3.05) is 32.4 Å². The molecule has 2 saturated heterocycles. The van der Waals surface area contributed by atoms with Crippen LogP contribution in [0.1, 0.15) is 46.2 Å². The minimum Gasteiger partial charge on any atom is -0.399 e. The van der Waals surface area contributed by atoms with Crippen LogP contribution in [-0.4, -0.2) is 68.4 Å². The lowest BCUT2D eigenvalue weighted by atomic mass is 9.78. The summed E-state index contributed by atoms with van der Waals surface area (Å²) in [7, 11) is -3.44. The van der Waals surface area contributed by atoms with Gasteiger partial charge in [-0.1, -0.05) is 24.3 Å². The van der Waals surface area contributed by atoms with Crippen LogP contribution in [0.4, 0.5) is 0 Å². The quantitative estimate of drug-likeness (QED) is 0.727. The molecule has 0 spiro atoms. The second-order valence-electron chi connectivity index (χ2n) is 8.63. The molecule has 150 valence electrons. The summed E-state index contributed by atoms with van der Waals surface area (Å²) in [6.07, 6.45) is 1.28. The van der Waals surface area contributed by atoms with Crippen LogP contribution in [-0.2, 0) is 19.3 Å². The van der Waals surface area contributed by atoms with Crippen LogP contribution < -0.4 is 5.46 Å². The molecule has 2 heterocycles. The van der Waals surface area contributed by atoms with Crippen LogP contribution in [0.15, 0.2) is 24.3 Å². The third-order valence-corrected chi connectivity index (χ3v) is 7.54. The molecule has 0 aromatic heterocycles. The lowest BCUT2D eigenvalue weighted by Gasteiger charge is -2.37. The van der Waals surface area contributed by atoms with Crippen LogP contribution in [0.5, 0.6) is 0 Å². The summed E-state index contributed by atoms with van der Waals surface area (Å²) in [6.45, 7) is 13.0. The minimum atomic E-state index is -3.10. The topological polar surface area (TPSA) is 59.1 Å². The fraction of sp³-hybridized carbons (Fsp3) is 0.684. The molecule has 0 radical (unpaired) electrons. The van der Waals surface area contributed by atoms with Crippen molar-refractivity contribution in [1.29, 1.82) is 0 Å². The summed E-state index contributed by atoms with van der Waals surface area (Å²) < 4.78 is 37.1. The molecule has 1 atom stereocenters. The Bertz CT molecular complexity index is 755. The van der Waals surface area contributed by atoms with E-state index in [1.54, 1.807) is 4.31 Å². The van der Waals surface area contributed by atoms with E-state index in [1.807, 2.05) is 0 Å². The maximum atomic E-state index is 11.7. The van der Waals surface area contributed by atoms with Gasteiger partial charge in [-0.25, -0.2) is 8.42 Å². The molecule has 0 bridgehead atoms. The first-order chi connectivity index (χ1) is 12.4. The molecule has 2 aliphatic rings. The number of hydrogen-bond donors (Lipinski definition) is 0. The van der Waals surface area contributed by atoms with Crippen LogP contribution in [0.25, 0.3) is 0 Å². The van der Waals surface area contributed by atoms with Gasteiger partial charge in [0.15, 0.2) is 0 Å². The molecule has 2 aliphatic heterocycles. The van der Waals surface area contributed by atoms with E-state index in [9.17, 15) is 8.42 Å². The number of rotatable bonds is 4. The fourth-order valence-electron chi connectivity index (χ4n) is 3.54. The van der Waals surface area contributed by atoms with Gasteiger partial charge in [0.05, 0.1) is 17.5 Å². The lowest BCUT2D eigenvalue weighted by molar-refractivity contribution is 0.00578. The molecule has 8 heteroatoms. The van der Waals surface area contributed by atoms with E-state index in [4.69, 9.17) is 9.31 Å². The number of piperazine rings is 1. The van der Waals surface area contributed by atoms with Crippen molar-refractivity contribution in [3.8, 4) is 0 Å². The van der Waals surface area contributed by atoms with Gasteiger partial charge in [-0.3, -0.25) is 4.90 Å². The normalized spacial score (nSPS) is 24.9. The highest BCUT2D eigenvalue weighted by molar-refractivity contribution is 7.88. The second kappa shape index (κ2) is 7.15. The Labute approximate surface area is 164 Å². The van der Waals surface area contributed by atoms with Crippen molar-refractivity contribution < 1.29 is 17.7 Å². The molecule has 3 rings (SSSR count). The fourth-order valence-corrected chi connectivity index (χ4v) is 4.37. The second-order valence-corrected chi connectivity index (χ2v) is 10.6. The maximum Gasteiger partial charge on any atom is 0.494 e. The molecule has 1 aromatic carbocycles. The average Bonchev–Trinajstić information content (AvgIpc) is 2.81. The van der Waals surface area contributed by atoms with Gasteiger partial charge in [-0.2, -0.15) is 4.31 Å². The molecule has 27 heavy (non-hydrogen) atoms. The molecule has 1 aromatic rings. The molecule has 6 nitrogen and oxygen atoms in total. The standard InChI is InChI=1S/C19H31BN2O4S/c1-15(21-11-13-22(14-12-21)27(6,23)24)16-7-9-17(10-8-16)20-25-18(2,3)19(4,5)26-20/h7-10,15H,11-14H2,1-6H3. The summed E-state index contributed by atoms with van der Waals surface area (Å²) in [4.78, 5) is 2.32. The van der Waals surface area contributed by atoms with Crippen molar-refractivity contribution in [3.63, 3.8) is 0 Å². The van der Waals surface area contributed by atoms with Crippen molar-refractivity contribution in [1.82, 2.24) is 9.21 Å². The van der Waals surface area contributed by atoms with Crippen LogP contribution in [0, 0.1) is 0 Å². The smallest absolute Gasteiger partial charge is 0.399 e. The highest BCUT2D eigenvalue weighted by atomic mass is 32.2. The van der Waals surface area contributed by atoms with E-state index >= 15 is 0 Å². The summed E-state index contributed by atoms with van der Waals surface area (Å²) in [6, 6.07) is 8.61. The van der Waals surface area contributed by atoms with Gasteiger partial charge in [-0.15, -0.1) is 0 Å². The first-order valence-corrected chi connectivity index (χ1v) is 11.4. The summed E-state index contributed by atoms with van der Waals surface area (Å²) in [5.41, 5.74) is 1.54. The first kappa shape index (κ1) is 20.8. The van der Waals surface area contributed by atoms with Crippen molar-refractivity contribution in [2.45, 2.75) is 51.9 Å². The SMILES string of the molecule is CC(c1ccc(B2OC(C)(C)C(C)(C)O2)cc1)N1CCN(S(C)(=O)=O)CC1. The van der Waals surface area contributed by atoms with E-state index in [-0.39, 0.29) is 24.4 Å². The first-order valence-electron chi connectivity index (χ1n) is 9.55. The summed E-state index contributed by atoms with van der Waals surface area (Å²) in [5.74, 6) is 0. The summed E-state index contributed by atoms with van der Waals surface area (Å²) in [5, 5.41) is 0. The van der Waals surface area contributed by atoms with Crippen molar-refractivity contribution >= 4 is 22.6 Å². The predicted octanol–water partition coefficient (Wildman–Crippen LogP) is 1.62. The minimum absolute atomic E-state index is 0.235. The zero-order valence-electron chi connectivity index (χ0n) is 17.2. The number of sulfonamides is 1. The van der Waals surface area contributed by atoms with E-state index in [0.29, 0.717) is 13.1 Å². The molecular formula is C19H31BN2O4S. The van der Waals surface area contributed by atoms with E-state index in [2.05, 4.69) is 63.8 Å². The monoisotopic (exact) mass is 394 g/mol. The number of hydrogen-bond acceptors (Lipinski definition) is 5. The Morgan fingerprint density at radius 1 is 0.963 bits per heavy atom. The van der Waals surface area contributed by atoms with Gasteiger partial charge < -0.3 is 9.31 Å². The van der Waals surface area contributed by atoms with Crippen LogP contribution >= 0.6 is 0 Å². The largest absolute Gasteiger partial charge is 0.494 e. The zero-order chi connectivity index (χ0) is 20.0. The van der Waals surface area contributed by atoms with Crippen molar-refractivity contribution in [2.24, 2.45) is 0 Å². The molecule has 0 amide bonds. The molecule has 2 fully saturated rings. The lowest BCUT2D eigenvalue weighted by Crippen LogP contribution is -2.48. The number of nitrogens with zero attached hydrogens (tertiary/aromatic N) is 2. The Kier molecular flexibility index (Phi) is 5.51. The predicted molar refractivity (Wildman–Crippen MR) is 109 cm³/mol. The molecular weight excluding hydrogens is 363 g/mol. The third kappa shape index (κ3) is 4.25. The molecule has 1 unspecified atom stereocenters. The van der Waals surface area contributed by atoms with Gasteiger partial charge in [0.25, 0.3) is 0 Å². The highest BCUT2D eigenvalue weighted by Gasteiger charge is 2.51. The Morgan fingerprint density at radius 2 is 1.44 bits per heavy atom. The third-order valence-electron chi connectivity index (χ3n) is 6.23. The van der Waals surface area contributed by atoms with E-state index in [0.717, 1.165) is 18.6 Å². The van der Waals surface area contributed by atoms with Crippen LogP contribution in [0.2, 0.25) is 0 Å². The molecule has 0 saturated carbocycles. The Balaban J connectivity index is 1.64. The van der Waals surface area contributed by atoms with Gasteiger partial charge in [0.1, 0.15) is 0 Å².